The van der Waals surface area contributed by atoms with E-state index in [9.17, 15) is 0 Å². The lowest BCUT2D eigenvalue weighted by molar-refractivity contribution is 0.232. The van der Waals surface area contributed by atoms with Gasteiger partial charge in [0.15, 0.2) is 0 Å². The summed E-state index contributed by atoms with van der Waals surface area (Å²) in [4.78, 5) is 8.45. The van der Waals surface area contributed by atoms with E-state index in [4.69, 9.17) is 16.0 Å². The maximum Gasteiger partial charge on any atom is 0.134 e. The lowest BCUT2D eigenvalue weighted by atomic mass is 10.1. The van der Waals surface area contributed by atoms with E-state index in [1.807, 2.05) is 0 Å². The molecule has 0 amide bonds. The summed E-state index contributed by atoms with van der Waals surface area (Å²) in [6, 6.07) is 0. The van der Waals surface area contributed by atoms with Crippen LogP contribution >= 0.6 is 0 Å². The van der Waals surface area contributed by atoms with E-state index in [1.54, 1.807) is 20.8 Å². The molecule has 0 unspecified atom stereocenters. The zero-order valence-electron chi connectivity index (χ0n) is 9.24. The molecule has 0 aliphatic carbocycles. The molecule has 0 aromatic heterocycles. The van der Waals surface area contributed by atoms with Gasteiger partial charge in [-0.25, -0.2) is 4.99 Å². The van der Waals surface area contributed by atoms with Crippen LogP contribution < -0.4 is 5.73 Å². The Kier molecular flexibility index (Phi) is 5.70. The Labute approximate surface area is 89.5 Å². The Hall–Kier alpha value is -1.91. The van der Waals surface area contributed by atoms with E-state index in [2.05, 4.69) is 16.9 Å². The smallest absolute Gasteiger partial charge is 0.134 e. The summed E-state index contributed by atoms with van der Waals surface area (Å²) in [7, 11) is 0. The van der Waals surface area contributed by atoms with Gasteiger partial charge < -0.3 is 16.0 Å². The molecule has 15 heavy (non-hydrogen) atoms. The van der Waals surface area contributed by atoms with Crippen molar-refractivity contribution >= 4 is 18.6 Å². The molecule has 0 fully saturated rings. The van der Waals surface area contributed by atoms with Gasteiger partial charge in [0.25, 0.3) is 0 Å². The van der Waals surface area contributed by atoms with Gasteiger partial charge in [-0.1, -0.05) is 5.16 Å². The predicted octanol–water partition coefficient (Wildman–Crippen LogP) is 1.82. The van der Waals surface area contributed by atoms with E-state index in [1.165, 1.54) is 12.3 Å². The van der Waals surface area contributed by atoms with E-state index < -0.39 is 0 Å². The first-order valence-electron chi connectivity index (χ1n) is 4.38. The molecular weight excluding hydrogens is 192 g/mol. The topological polar surface area (TPSA) is 83.8 Å². The Morgan fingerprint density at radius 3 is 2.53 bits per heavy atom. The van der Waals surface area contributed by atoms with Crippen molar-refractivity contribution in [2.75, 3.05) is 0 Å². The fourth-order valence-corrected chi connectivity index (χ4v) is 0.730. The number of allylic oxidation sites excluding steroid dienone is 3. The molecule has 0 rings (SSSR count). The quantitative estimate of drug-likeness (QED) is 0.410. The van der Waals surface area contributed by atoms with Gasteiger partial charge in [-0.05, 0) is 27.5 Å². The second-order valence-corrected chi connectivity index (χ2v) is 2.79. The minimum Gasteiger partial charge on any atom is -0.383 e. The zero-order chi connectivity index (χ0) is 11.8. The van der Waals surface area contributed by atoms with Gasteiger partial charge in [-0.15, -0.1) is 0 Å². The van der Waals surface area contributed by atoms with Crippen molar-refractivity contribution in [3.8, 4) is 0 Å². The molecule has 0 atom stereocenters. The van der Waals surface area contributed by atoms with Gasteiger partial charge in [-0.2, -0.15) is 0 Å². The first-order chi connectivity index (χ1) is 7.02. The fraction of sp³-hybridized carbons (Fsp3) is 0.300. The molecule has 0 bridgehead atoms. The van der Waals surface area contributed by atoms with E-state index in [0.29, 0.717) is 11.3 Å². The van der Waals surface area contributed by atoms with Crippen molar-refractivity contribution in [3.63, 3.8) is 0 Å². The summed E-state index contributed by atoms with van der Waals surface area (Å²) in [5.74, 6) is 0.748. The molecule has 3 N–H and O–H groups in total. The average Bonchev–Trinajstić information content (AvgIpc) is 2.23. The third kappa shape index (κ3) is 4.75. The molecule has 0 saturated carbocycles. The third-order valence-corrected chi connectivity index (χ3v) is 1.61. The number of oxime groups is 1. The fourth-order valence-electron chi connectivity index (χ4n) is 0.730. The second kappa shape index (κ2) is 6.53. The molecule has 0 aliphatic rings. The highest BCUT2D eigenvalue weighted by Crippen LogP contribution is 2.05. The Balaban J connectivity index is 4.68. The summed E-state index contributed by atoms with van der Waals surface area (Å²) in [6.45, 7) is 8.42. The van der Waals surface area contributed by atoms with Crippen LogP contribution in [0.15, 0.2) is 33.4 Å². The van der Waals surface area contributed by atoms with Crippen molar-refractivity contribution in [1.29, 1.82) is 5.41 Å². The third-order valence-electron chi connectivity index (χ3n) is 1.61. The molecule has 5 nitrogen and oxygen atoms in total. The number of aliphatic imine (C=N–C) groups is 1. The highest BCUT2D eigenvalue weighted by molar-refractivity contribution is 6.06. The summed E-state index contributed by atoms with van der Waals surface area (Å²) in [6.07, 6.45) is 3.03. The second-order valence-electron chi connectivity index (χ2n) is 2.79. The van der Waals surface area contributed by atoms with E-state index >= 15 is 0 Å². The normalized spacial score (nSPS) is 13.7. The van der Waals surface area contributed by atoms with Gasteiger partial charge in [0.05, 0.1) is 5.71 Å². The molecule has 0 spiro atoms. The Bertz CT molecular complexity index is 339. The van der Waals surface area contributed by atoms with Crippen molar-refractivity contribution in [3.05, 3.63) is 23.2 Å². The minimum atomic E-state index is 0.226. The number of nitrogens with zero attached hydrogens (tertiary/aromatic N) is 2. The van der Waals surface area contributed by atoms with Crippen LogP contribution in [0.5, 0.6) is 0 Å². The van der Waals surface area contributed by atoms with Crippen LogP contribution in [0, 0.1) is 5.41 Å². The molecule has 5 heteroatoms. The van der Waals surface area contributed by atoms with Crippen LogP contribution in [0.1, 0.15) is 20.8 Å². The average molecular weight is 208 g/mol. The molecule has 82 valence electrons. The predicted molar refractivity (Wildman–Crippen MR) is 63.2 cm³/mol. The van der Waals surface area contributed by atoms with Gasteiger partial charge >= 0.3 is 0 Å². The number of rotatable bonds is 5. The first-order valence-corrected chi connectivity index (χ1v) is 4.38. The standard InChI is InChI=1S/C10H16N4O/c1-5-14-15-7(2)6-9(11)8(3)10(12)13-4/h5-6,11H,4,12H2,1-3H3/b7-6+,10-8-,11-9?,14-5+. The molecule has 0 aromatic rings. The van der Waals surface area contributed by atoms with Crippen LogP contribution in [0.2, 0.25) is 0 Å². The molecule has 0 aliphatic heterocycles. The number of nitrogens with one attached hydrogen (secondary N) is 1. The first kappa shape index (κ1) is 13.1. The van der Waals surface area contributed by atoms with Crippen LogP contribution in [0.25, 0.3) is 0 Å². The van der Waals surface area contributed by atoms with Crippen LogP contribution in [-0.2, 0) is 4.84 Å². The van der Waals surface area contributed by atoms with Gasteiger partial charge in [0, 0.05) is 17.9 Å². The zero-order valence-corrected chi connectivity index (χ0v) is 9.24. The monoisotopic (exact) mass is 208 g/mol. The van der Waals surface area contributed by atoms with Gasteiger partial charge in [0.1, 0.15) is 11.6 Å². The Morgan fingerprint density at radius 2 is 2.07 bits per heavy atom. The van der Waals surface area contributed by atoms with Gasteiger partial charge in [0.2, 0.25) is 0 Å². The maximum atomic E-state index is 7.66. The van der Waals surface area contributed by atoms with Gasteiger partial charge in [-0.3, -0.25) is 0 Å². The summed E-state index contributed by atoms with van der Waals surface area (Å²) >= 11 is 0. The maximum absolute atomic E-state index is 7.66. The van der Waals surface area contributed by atoms with Crippen LogP contribution in [0.3, 0.4) is 0 Å². The molecule has 0 radical (unpaired) electrons. The Morgan fingerprint density at radius 1 is 1.47 bits per heavy atom. The SMILES string of the molecule is C=N/C(N)=C(/C)C(=N)/C=C(\C)O/N=C/C. The van der Waals surface area contributed by atoms with Crippen LogP contribution in [0.4, 0.5) is 0 Å². The van der Waals surface area contributed by atoms with E-state index in [-0.39, 0.29) is 11.5 Å². The van der Waals surface area contributed by atoms with Crippen molar-refractivity contribution in [1.82, 2.24) is 0 Å². The van der Waals surface area contributed by atoms with Crippen molar-refractivity contribution in [2.45, 2.75) is 20.8 Å². The summed E-state index contributed by atoms with van der Waals surface area (Å²) in [5, 5.41) is 11.2. The van der Waals surface area contributed by atoms with Crippen LogP contribution in [-0.4, -0.2) is 18.6 Å². The highest BCUT2D eigenvalue weighted by Gasteiger charge is 2.02. The van der Waals surface area contributed by atoms with E-state index in [0.717, 1.165) is 0 Å². The molecule has 0 heterocycles. The highest BCUT2D eigenvalue weighted by atomic mass is 16.6. The summed E-state index contributed by atoms with van der Waals surface area (Å²) < 4.78 is 0. The minimum absolute atomic E-state index is 0.226. The molecular formula is C10H16N4O. The number of hydrogen-bond donors (Lipinski definition) is 2. The number of nitrogens with two attached hydrogens (primary N) is 1. The van der Waals surface area contributed by atoms with Crippen molar-refractivity contribution < 1.29 is 4.84 Å². The van der Waals surface area contributed by atoms with Crippen molar-refractivity contribution in [2.24, 2.45) is 15.9 Å². The number of hydrogen-bond acceptors (Lipinski definition) is 5. The molecule has 0 aromatic carbocycles. The lowest BCUT2D eigenvalue weighted by Crippen LogP contribution is -2.05. The lowest BCUT2D eigenvalue weighted by Gasteiger charge is -2.02. The summed E-state index contributed by atoms with van der Waals surface area (Å²) in [5.41, 5.74) is 6.28. The molecule has 0 saturated heterocycles. The largest absolute Gasteiger partial charge is 0.383 e.